The van der Waals surface area contributed by atoms with Gasteiger partial charge in [-0.1, -0.05) is 24.3 Å². The third-order valence-corrected chi connectivity index (χ3v) is 3.12. The molecule has 0 aliphatic rings. The molecule has 20 heavy (non-hydrogen) atoms. The molecule has 0 aliphatic heterocycles. The van der Waals surface area contributed by atoms with Gasteiger partial charge >= 0.3 is 0 Å². The molecule has 0 heterocycles. The molecule has 0 radical (unpaired) electrons. The number of hydrogen-bond acceptors (Lipinski definition) is 3. The monoisotopic (exact) mass is 270 g/mol. The third-order valence-electron chi connectivity index (χ3n) is 3.12. The van der Waals surface area contributed by atoms with E-state index in [1.165, 1.54) is 11.3 Å². The summed E-state index contributed by atoms with van der Waals surface area (Å²) in [5.74, 6) is 0.903. The van der Waals surface area contributed by atoms with Crippen molar-refractivity contribution in [1.82, 2.24) is 0 Å². The van der Waals surface area contributed by atoms with Crippen molar-refractivity contribution in [2.75, 3.05) is 30.9 Å². The van der Waals surface area contributed by atoms with E-state index in [2.05, 4.69) is 34.5 Å². The smallest absolute Gasteiger partial charge is 0.142 e. The number of benzene rings is 2. The lowest BCUT2D eigenvalue weighted by Crippen LogP contribution is -2.08. The highest BCUT2D eigenvalue weighted by Crippen LogP contribution is 2.24. The number of nitrogens with one attached hydrogen (secondary N) is 1. The summed E-state index contributed by atoms with van der Waals surface area (Å²) in [6.45, 7) is 3.46. The minimum Gasteiger partial charge on any atom is -0.492 e. The van der Waals surface area contributed by atoms with Crippen molar-refractivity contribution in [2.24, 2.45) is 0 Å². The number of ether oxygens (including phenoxy) is 1. The topological polar surface area (TPSA) is 24.5 Å². The second kappa shape index (κ2) is 6.85. The number of anilines is 2. The van der Waals surface area contributed by atoms with E-state index in [0.717, 1.165) is 18.0 Å². The van der Waals surface area contributed by atoms with Crippen LogP contribution in [0.15, 0.2) is 48.5 Å². The molecule has 0 spiro atoms. The van der Waals surface area contributed by atoms with Gasteiger partial charge in [0.2, 0.25) is 0 Å². The average Bonchev–Trinajstić information content (AvgIpc) is 2.47. The summed E-state index contributed by atoms with van der Waals surface area (Å²) in [5.41, 5.74) is 3.50. The van der Waals surface area contributed by atoms with Gasteiger partial charge in [-0.15, -0.1) is 0 Å². The zero-order valence-corrected chi connectivity index (χ0v) is 12.4. The Balaban J connectivity index is 2.01. The second-order valence-corrected chi connectivity index (χ2v) is 4.84. The summed E-state index contributed by atoms with van der Waals surface area (Å²) in [5, 5.41) is 3.42. The van der Waals surface area contributed by atoms with Crippen LogP contribution in [0.2, 0.25) is 0 Å². The minimum absolute atomic E-state index is 0.677. The first-order valence-electron chi connectivity index (χ1n) is 6.92. The van der Waals surface area contributed by atoms with Crippen molar-refractivity contribution >= 4 is 11.4 Å². The standard InChI is InChI=1S/C17H22N2O/c1-4-20-17-8-6-5-7-16(17)18-13-14-9-11-15(12-10-14)19(2)3/h5-12,18H,4,13H2,1-3H3. The number of para-hydroxylation sites is 2. The molecule has 0 aliphatic carbocycles. The highest BCUT2D eigenvalue weighted by atomic mass is 16.5. The van der Waals surface area contributed by atoms with E-state index in [1.54, 1.807) is 0 Å². The Labute approximate surface area is 121 Å². The largest absolute Gasteiger partial charge is 0.492 e. The van der Waals surface area contributed by atoms with Gasteiger partial charge in [-0.05, 0) is 36.8 Å². The lowest BCUT2D eigenvalue weighted by atomic mass is 10.2. The van der Waals surface area contributed by atoms with Crippen molar-refractivity contribution in [3.8, 4) is 5.75 Å². The Kier molecular flexibility index (Phi) is 4.88. The third kappa shape index (κ3) is 3.67. The molecule has 0 atom stereocenters. The highest BCUT2D eigenvalue weighted by Gasteiger charge is 2.02. The predicted octanol–water partition coefficient (Wildman–Crippen LogP) is 3.76. The molecule has 0 aromatic heterocycles. The Morgan fingerprint density at radius 3 is 2.35 bits per heavy atom. The Morgan fingerprint density at radius 2 is 1.70 bits per heavy atom. The first kappa shape index (κ1) is 14.3. The van der Waals surface area contributed by atoms with Gasteiger partial charge in [0, 0.05) is 26.3 Å². The summed E-state index contributed by atoms with van der Waals surface area (Å²) >= 11 is 0. The van der Waals surface area contributed by atoms with Crippen LogP contribution in [0.25, 0.3) is 0 Å². The molecule has 0 saturated carbocycles. The summed E-state index contributed by atoms with van der Waals surface area (Å²) in [4.78, 5) is 2.10. The molecule has 2 aromatic carbocycles. The lowest BCUT2D eigenvalue weighted by Gasteiger charge is -2.14. The average molecular weight is 270 g/mol. The maximum Gasteiger partial charge on any atom is 0.142 e. The van der Waals surface area contributed by atoms with E-state index in [1.807, 2.05) is 45.3 Å². The minimum atomic E-state index is 0.677. The number of hydrogen-bond donors (Lipinski definition) is 1. The quantitative estimate of drug-likeness (QED) is 0.865. The number of rotatable bonds is 6. The van der Waals surface area contributed by atoms with Crippen LogP contribution in [0.4, 0.5) is 11.4 Å². The fraction of sp³-hybridized carbons (Fsp3) is 0.294. The molecule has 0 saturated heterocycles. The molecular weight excluding hydrogens is 248 g/mol. The van der Waals surface area contributed by atoms with Crippen LogP contribution in [0.3, 0.4) is 0 Å². The highest BCUT2D eigenvalue weighted by molar-refractivity contribution is 5.56. The van der Waals surface area contributed by atoms with Crippen molar-refractivity contribution in [1.29, 1.82) is 0 Å². The SMILES string of the molecule is CCOc1ccccc1NCc1ccc(N(C)C)cc1. The molecule has 0 amide bonds. The van der Waals surface area contributed by atoms with E-state index >= 15 is 0 Å². The molecular formula is C17H22N2O. The van der Waals surface area contributed by atoms with Crippen LogP contribution in [0.1, 0.15) is 12.5 Å². The van der Waals surface area contributed by atoms with E-state index in [9.17, 15) is 0 Å². The zero-order chi connectivity index (χ0) is 14.4. The van der Waals surface area contributed by atoms with Crippen molar-refractivity contribution in [3.63, 3.8) is 0 Å². The van der Waals surface area contributed by atoms with Crippen LogP contribution in [0.5, 0.6) is 5.75 Å². The molecule has 0 bridgehead atoms. The van der Waals surface area contributed by atoms with E-state index in [4.69, 9.17) is 4.74 Å². The normalized spacial score (nSPS) is 10.2. The van der Waals surface area contributed by atoms with Crippen molar-refractivity contribution in [3.05, 3.63) is 54.1 Å². The molecule has 106 valence electrons. The molecule has 3 nitrogen and oxygen atoms in total. The van der Waals surface area contributed by atoms with Crippen LogP contribution < -0.4 is 15.0 Å². The summed E-state index contributed by atoms with van der Waals surface area (Å²) in [6, 6.07) is 16.6. The van der Waals surface area contributed by atoms with Gasteiger partial charge in [-0.25, -0.2) is 0 Å². The molecule has 1 N–H and O–H groups in total. The van der Waals surface area contributed by atoms with Gasteiger partial charge in [-0.3, -0.25) is 0 Å². The molecule has 2 rings (SSSR count). The van der Waals surface area contributed by atoms with E-state index in [-0.39, 0.29) is 0 Å². The summed E-state index contributed by atoms with van der Waals surface area (Å²) < 4.78 is 5.61. The van der Waals surface area contributed by atoms with Gasteiger partial charge < -0.3 is 15.0 Å². The summed E-state index contributed by atoms with van der Waals surface area (Å²) in [6.07, 6.45) is 0. The first-order chi connectivity index (χ1) is 9.70. The van der Waals surface area contributed by atoms with Crippen LogP contribution in [-0.2, 0) is 6.54 Å². The molecule has 3 heteroatoms. The van der Waals surface area contributed by atoms with Gasteiger partial charge in [-0.2, -0.15) is 0 Å². The van der Waals surface area contributed by atoms with E-state index in [0.29, 0.717) is 6.61 Å². The van der Waals surface area contributed by atoms with Crippen LogP contribution >= 0.6 is 0 Å². The van der Waals surface area contributed by atoms with Crippen LogP contribution in [0, 0.1) is 0 Å². The fourth-order valence-corrected chi connectivity index (χ4v) is 2.00. The van der Waals surface area contributed by atoms with Crippen molar-refractivity contribution < 1.29 is 4.74 Å². The number of nitrogens with zero attached hydrogens (tertiary/aromatic N) is 1. The second-order valence-electron chi connectivity index (χ2n) is 4.84. The Hall–Kier alpha value is -2.16. The maximum atomic E-state index is 5.61. The summed E-state index contributed by atoms with van der Waals surface area (Å²) in [7, 11) is 4.09. The van der Waals surface area contributed by atoms with Gasteiger partial charge in [0.25, 0.3) is 0 Å². The van der Waals surface area contributed by atoms with Crippen molar-refractivity contribution in [2.45, 2.75) is 13.5 Å². The Bertz CT molecular complexity index is 535. The Morgan fingerprint density at radius 1 is 1.00 bits per heavy atom. The fourth-order valence-electron chi connectivity index (χ4n) is 2.00. The molecule has 0 fully saturated rings. The van der Waals surface area contributed by atoms with Gasteiger partial charge in [0.15, 0.2) is 0 Å². The lowest BCUT2D eigenvalue weighted by molar-refractivity contribution is 0.341. The van der Waals surface area contributed by atoms with Gasteiger partial charge in [0.05, 0.1) is 12.3 Å². The molecule has 0 unspecified atom stereocenters. The first-order valence-corrected chi connectivity index (χ1v) is 6.92. The predicted molar refractivity (Wildman–Crippen MR) is 85.7 cm³/mol. The molecule has 2 aromatic rings. The zero-order valence-electron chi connectivity index (χ0n) is 12.4. The van der Waals surface area contributed by atoms with Crippen LogP contribution in [-0.4, -0.2) is 20.7 Å². The van der Waals surface area contributed by atoms with Gasteiger partial charge in [0.1, 0.15) is 5.75 Å². The van der Waals surface area contributed by atoms with E-state index < -0.39 is 0 Å². The maximum absolute atomic E-state index is 5.61.